The van der Waals surface area contributed by atoms with Gasteiger partial charge in [-0.1, -0.05) is 66.4 Å². The van der Waals surface area contributed by atoms with Gasteiger partial charge in [0.05, 0.1) is 10.5 Å². The number of para-hydroxylation sites is 1. The van der Waals surface area contributed by atoms with Gasteiger partial charge in [0.2, 0.25) is 17.2 Å². The summed E-state index contributed by atoms with van der Waals surface area (Å²) in [4.78, 5) is 33.7. The molecule has 0 saturated heterocycles. The average molecular weight is 439 g/mol. The van der Waals surface area contributed by atoms with E-state index in [9.17, 15) is 9.59 Å². The second kappa shape index (κ2) is 7.22. The smallest absolute Gasteiger partial charge is 0.217 e. The second-order valence-electron chi connectivity index (χ2n) is 7.47. The number of ketones is 2. The van der Waals surface area contributed by atoms with Gasteiger partial charge in [-0.3, -0.25) is 9.59 Å². The number of allylic oxidation sites excluding steroid dienone is 2. The quantitative estimate of drug-likeness (QED) is 0.645. The average Bonchev–Trinajstić information content (AvgIpc) is 2.81. The first-order valence-electron chi connectivity index (χ1n) is 9.98. The van der Waals surface area contributed by atoms with Gasteiger partial charge in [-0.05, 0) is 24.3 Å². The molecule has 1 atom stereocenters. The number of hydrogen-bond acceptors (Lipinski definition) is 4. The molecule has 1 unspecified atom stereocenters. The summed E-state index contributed by atoms with van der Waals surface area (Å²) in [5.74, 6) is -0.173. The first kappa shape index (κ1) is 18.6. The van der Waals surface area contributed by atoms with Crippen LogP contribution in [-0.4, -0.2) is 22.5 Å². The van der Waals surface area contributed by atoms with Crippen molar-refractivity contribution in [3.63, 3.8) is 0 Å². The van der Waals surface area contributed by atoms with E-state index in [1.807, 2.05) is 60.7 Å². The van der Waals surface area contributed by atoms with Gasteiger partial charge >= 0.3 is 0 Å². The highest BCUT2D eigenvalue weighted by molar-refractivity contribution is 8.03. The Balaban J connectivity index is 1.58. The van der Waals surface area contributed by atoms with Crippen molar-refractivity contribution in [3.8, 4) is 0 Å². The fourth-order valence-corrected chi connectivity index (χ4v) is 6.51. The molecule has 2 aliphatic carbocycles. The lowest BCUT2D eigenvalue weighted by Gasteiger charge is -2.29. The molecule has 3 aromatic carbocycles. The SMILES string of the molecule is O=C1C2=C(C(=O)c3ccccc31)C1=[NH+]c3ccccc3SC1C=C2Sc1ccccc1. The molecule has 3 aliphatic rings. The van der Waals surface area contributed by atoms with Crippen molar-refractivity contribution in [2.45, 2.75) is 15.0 Å². The van der Waals surface area contributed by atoms with Crippen LogP contribution in [0.1, 0.15) is 20.7 Å². The van der Waals surface area contributed by atoms with Gasteiger partial charge in [-0.15, -0.1) is 11.8 Å². The van der Waals surface area contributed by atoms with Crippen LogP contribution >= 0.6 is 23.5 Å². The molecule has 3 nitrogen and oxygen atoms in total. The molecule has 0 bridgehead atoms. The van der Waals surface area contributed by atoms with Crippen molar-refractivity contribution in [1.82, 2.24) is 0 Å². The van der Waals surface area contributed by atoms with Gasteiger partial charge in [-0.2, -0.15) is 0 Å². The summed E-state index contributed by atoms with van der Waals surface area (Å²) >= 11 is 3.25. The Hall–Kier alpha value is -3.15. The van der Waals surface area contributed by atoms with Crippen molar-refractivity contribution >= 4 is 46.5 Å². The topological polar surface area (TPSA) is 48.1 Å². The Kier molecular flexibility index (Phi) is 4.33. The van der Waals surface area contributed by atoms with Crippen molar-refractivity contribution in [2.24, 2.45) is 0 Å². The van der Waals surface area contributed by atoms with Gasteiger partial charge in [0.1, 0.15) is 10.8 Å². The molecule has 0 aromatic heterocycles. The highest BCUT2D eigenvalue weighted by Crippen LogP contribution is 2.45. The zero-order valence-corrected chi connectivity index (χ0v) is 17.9. The van der Waals surface area contributed by atoms with E-state index in [4.69, 9.17) is 0 Å². The van der Waals surface area contributed by atoms with Crippen LogP contribution in [0.15, 0.2) is 111 Å². The molecule has 0 radical (unpaired) electrons. The minimum Gasteiger partial charge on any atom is -0.289 e. The molecule has 1 heterocycles. The molecule has 31 heavy (non-hydrogen) atoms. The fourth-order valence-electron chi connectivity index (χ4n) is 4.20. The normalized spacial score (nSPS) is 19.0. The number of nitrogens with one attached hydrogen (secondary N) is 1. The Morgan fingerprint density at radius 1 is 0.742 bits per heavy atom. The molecule has 0 fully saturated rings. The monoisotopic (exact) mass is 438 g/mol. The van der Waals surface area contributed by atoms with E-state index in [0.29, 0.717) is 22.3 Å². The number of thioether (sulfide) groups is 2. The van der Waals surface area contributed by atoms with Crippen LogP contribution in [0.3, 0.4) is 0 Å². The zero-order valence-electron chi connectivity index (χ0n) is 16.3. The van der Waals surface area contributed by atoms with E-state index in [-0.39, 0.29) is 16.8 Å². The molecule has 5 heteroatoms. The van der Waals surface area contributed by atoms with E-state index in [1.165, 1.54) is 0 Å². The largest absolute Gasteiger partial charge is 0.289 e. The summed E-state index contributed by atoms with van der Waals surface area (Å²) < 4.78 is 0. The molecule has 1 N–H and O–H groups in total. The van der Waals surface area contributed by atoms with Crippen molar-refractivity contribution in [3.05, 3.63) is 112 Å². The Labute approximate surface area is 188 Å². The lowest BCUT2D eigenvalue weighted by molar-refractivity contribution is -0.358. The van der Waals surface area contributed by atoms with E-state index in [0.717, 1.165) is 26.1 Å². The molecule has 1 aliphatic heterocycles. The van der Waals surface area contributed by atoms with Crippen LogP contribution in [0.2, 0.25) is 0 Å². The second-order valence-corrected chi connectivity index (χ2v) is 9.77. The molecular formula is C26H16NO2S2+. The minimum absolute atomic E-state index is 0.0538. The van der Waals surface area contributed by atoms with Gasteiger partial charge in [0.15, 0.2) is 5.78 Å². The number of hydrogen-bond donors (Lipinski definition) is 1. The summed E-state index contributed by atoms with van der Waals surface area (Å²) in [6.45, 7) is 0. The number of rotatable bonds is 2. The predicted molar refractivity (Wildman–Crippen MR) is 124 cm³/mol. The number of carbonyl (C=O) groups is 2. The number of benzene rings is 3. The highest BCUT2D eigenvalue weighted by atomic mass is 32.2. The van der Waals surface area contributed by atoms with Gasteiger partial charge in [0.25, 0.3) is 0 Å². The van der Waals surface area contributed by atoms with Gasteiger partial charge in [0, 0.05) is 27.0 Å². The van der Waals surface area contributed by atoms with Crippen LogP contribution in [0.4, 0.5) is 5.69 Å². The van der Waals surface area contributed by atoms with Gasteiger partial charge in [-0.25, -0.2) is 4.99 Å². The number of Topliss-reactive ketones (excluding diaryl/α,β-unsaturated/α-hetero) is 2. The molecular weight excluding hydrogens is 422 g/mol. The van der Waals surface area contributed by atoms with Crippen LogP contribution in [0, 0.1) is 0 Å². The third kappa shape index (κ3) is 2.96. The Morgan fingerprint density at radius 3 is 2.16 bits per heavy atom. The van der Waals surface area contributed by atoms with Crippen molar-refractivity contribution in [2.75, 3.05) is 0 Å². The van der Waals surface area contributed by atoms with E-state index in [1.54, 1.807) is 35.7 Å². The van der Waals surface area contributed by atoms with Crippen molar-refractivity contribution in [1.29, 1.82) is 0 Å². The Morgan fingerprint density at radius 2 is 1.39 bits per heavy atom. The molecule has 0 saturated carbocycles. The third-order valence-electron chi connectivity index (χ3n) is 5.60. The van der Waals surface area contributed by atoms with Crippen LogP contribution < -0.4 is 4.99 Å². The van der Waals surface area contributed by atoms with E-state index >= 15 is 0 Å². The first-order valence-corrected chi connectivity index (χ1v) is 11.7. The van der Waals surface area contributed by atoms with Crippen LogP contribution in [-0.2, 0) is 0 Å². The maximum atomic E-state index is 13.6. The summed E-state index contributed by atoms with van der Waals surface area (Å²) in [5.41, 5.74) is 3.76. The van der Waals surface area contributed by atoms with E-state index < -0.39 is 0 Å². The maximum absolute atomic E-state index is 13.6. The van der Waals surface area contributed by atoms with Gasteiger partial charge < -0.3 is 0 Å². The third-order valence-corrected chi connectivity index (χ3v) is 7.91. The first-order chi connectivity index (χ1) is 15.2. The summed E-state index contributed by atoms with van der Waals surface area (Å²) in [6.07, 6.45) is 2.12. The molecule has 148 valence electrons. The van der Waals surface area contributed by atoms with E-state index in [2.05, 4.69) is 17.1 Å². The molecule has 3 aromatic rings. The zero-order chi connectivity index (χ0) is 20.9. The van der Waals surface area contributed by atoms with Crippen LogP contribution in [0.5, 0.6) is 0 Å². The molecule has 6 rings (SSSR count). The highest BCUT2D eigenvalue weighted by Gasteiger charge is 2.45. The van der Waals surface area contributed by atoms with Crippen LogP contribution in [0.25, 0.3) is 0 Å². The standard InChI is InChI=1S/C26H15NO2S2/c28-25-16-10-4-5-11-17(16)26(29)23-22(25)20(30-15-8-2-1-3-9-15)14-21-24(23)27-18-12-6-7-13-19(18)31-21/h1-14,21H/p+1. The summed E-state index contributed by atoms with van der Waals surface area (Å²) in [5, 5.41) is -0.0538. The lowest BCUT2D eigenvalue weighted by atomic mass is 9.79. The maximum Gasteiger partial charge on any atom is 0.217 e. The minimum atomic E-state index is -0.0866. The predicted octanol–water partition coefficient (Wildman–Crippen LogP) is 4.38. The lowest BCUT2D eigenvalue weighted by Crippen LogP contribution is -2.72. The molecule has 0 amide bonds. The van der Waals surface area contributed by atoms with Crippen molar-refractivity contribution < 1.29 is 14.6 Å². The summed E-state index contributed by atoms with van der Waals surface area (Å²) in [7, 11) is 0. The summed E-state index contributed by atoms with van der Waals surface area (Å²) in [6, 6.07) is 25.2. The number of carbonyl (C=O) groups excluding carboxylic acids is 2. The molecule has 0 spiro atoms. The Bertz CT molecular complexity index is 1370. The number of fused-ring (bicyclic) bond motifs is 4. The fraction of sp³-hybridized carbons (Fsp3) is 0.0385.